The van der Waals surface area contributed by atoms with Gasteiger partial charge in [0.1, 0.15) is 5.65 Å². The number of hydrogen-bond acceptors (Lipinski definition) is 3. The summed E-state index contributed by atoms with van der Waals surface area (Å²) in [4.78, 5) is 15.3. The molecule has 0 aliphatic carbocycles. The van der Waals surface area contributed by atoms with Crippen molar-refractivity contribution in [3.63, 3.8) is 0 Å². The van der Waals surface area contributed by atoms with Gasteiger partial charge in [-0.15, -0.1) is 0 Å². The summed E-state index contributed by atoms with van der Waals surface area (Å²) in [6.45, 7) is 2.61. The molecule has 0 bridgehead atoms. The Balaban J connectivity index is 1.80. The highest BCUT2D eigenvalue weighted by Crippen LogP contribution is 2.15. The quantitative estimate of drug-likeness (QED) is 0.771. The van der Waals surface area contributed by atoms with Gasteiger partial charge in [0.25, 0.3) is 0 Å². The average molecular weight is 281 g/mol. The maximum absolute atomic E-state index is 10.8. The van der Waals surface area contributed by atoms with Gasteiger partial charge >= 0.3 is 5.97 Å². The van der Waals surface area contributed by atoms with E-state index in [0.717, 1.165) is 22.7 Å². The zero-order valence-corrected chi connectivity index (χ0v) is 11.6. The fourth-order valence-electron chi connectivity index (χ4n) is 2.29. The predicted octanol–water partition coefficient (Wildman–Crippen LogP) is 2.95. The zero-order chi connectivity index (χ0) is 14.8. The maximum atomic E-state index is 10.8. The van der Waals surface area contributed by atoms with Crippen LogP contribution < -0.4 is 5.32 Å². The van der Waals surface area contributed by atoms with Crippen LogP contribution in [-0.4, -0.2) is 20.5 Å². The van der Waals surface area contributed by atoms with Crippen LogP contribution in [0.4, 0.5) is 5.69 Å². The summed E-state index contributed by atoms with van der Waals surface area (Å²) in [6.07, 6.45) is 1.99. The first-order chi connectivity index (χ1) is 10.1. The summed E-state index contributed by atoms with van der Waals surface area (Å²) in [5.74, 6) is -0.917. The van der Waals surface area contributed by atoms with Crippen molar-refractivity contribution >= 4 is 17.3 Å². The molecule has 21 heavy (non-hydrogen) atoms. The van der Waals surface area contributed by atoms with Crippen LogP contribution in [0.2, 0.25) is 0 Å². The molecule has 0 atom stereocenters. The Labute approximate surface area is 121 Å². The number of imidazole rings is 1. The molecule has 0 aliphatic rings. The lowest BCUT2D eigenvalue weighted by atomic mass is 10.2. The lowest BCUT2D eigenvalue weighted by Crippen LogP contribution is -2.04. The van der Waals surface area contributed by atoms with E-state index in [2.05, 4.69) is 10.3 Å². The van der Waals surface area contributed by atoms with Gasteiger partial charge in [0.05, 0.1) is 23.5 Å². The number of rotatable bonds is 4. The van der Waals surface area contributed by atoms with E-state index in [0.29, 0.717) is 6.54 Å². The van der Waals surface area contributed by atoms with Crippen molar-refractivity contribution < 1.29 is 9.90 Å². The van der Waals surface area contributed by atoms with Crippen molar-refractivity contribution in [3.8, 4) is 0 Å². The Morgan fingerprint density at radius 1 is 1.24 bits per heavy atom. The van der Waals surface area contributed by atoms with Gasteiger partial charge in [-0.1, -0.05) is 6.07 Å². The molecule has 0 aliphatic heterocycles. The van der Waals surface area contributed by atoms with Crippen molar-refractivity contribution in [1.82, 2.24) is 9.38 Å². The normalized spacial score (nSPS) is 10.7. The van der Waals surface area contributed by atoms with Crippen LogP contribution in [0.1, 0.15) is 21.7 Å². The molecule has 106 valence electrons. The highest BCUT2D eigenvalue weighted by atomic mass is 16.4. The Morgan fingerprint density at radius 2 is 2.00 bits per heavy atom. The summed E-state index contributed by atoms with van der Waals surface area (Å²) >= 11 is 0. The molecule has 2 heterocycles. The largest absolute Gasteiger partial charge is 0.478 e. The Morgan fingerprint density at radius 3 is 2.71 bits per heavy atom. The van der Waals surface area contributed by atoms with Crippen molar-refractivity contribution in [1.29, 1.82) is 0 Å². The SMILES string of the molecule is Cc1nc2ccccn2c1CNc1ccc(C(=O)O)cc1. The van der Waals surface area contributed by atoms with Gasteiger partial charge in [-0.2, -0.15) is 0 Å². The van der Waals surface area contributed by atoms with Crippen molar-refractivity contribution in [2.24, 2.45) is 0 Å². The minimum atomic E-state index is -0.917. The first kappa shape index (κ1) is 13.2. The molecule has 2 N–H and O–H groups in total. The predicted molar refractivity (Wildman–Crippen MR) is 80.7 cm³/mol. The number of aromatic nitrogens is 2. The number of aromatic carboxylic acids is 1. The number of hydrogen-bond donors (Lipinski definition) is 2. The van der Waals surface area contributed by atoms with Crippen molar-refractivity contribution in [3.05, 3.63) is 65.6 Å². The lowest BCUT2D eigenvalue weighted by molar-refractivity contribution is 0.0697. The Hall–Kier alpha value is -2.82. The minimum Gasteiger partial charge on any atom is -0.478 e. The van der Waals surface area contributed by atoms with Gasteiger partial charge in [0, 0.05) is 11.9 Å². The molecule has 1 aromatic carbocycles. The number of carbonyl (C=O) groups is 1. The topological polar surface area (TPSA) is 66.6 Å². The van der Waals surface area contributed by atoms with E-state index in [-0.39, 0.29) is 5.56 Å². The van der Waals surface area contributed by atoms with Gasteiger partial charge in [-0.05, 0) is 43.3 Å². The van der Waals surface area contributed by atoms with E-state index in [9.17, 15) is 4.79 Å². The summed E-state index contributed by atoms with van der Waals surface area (Å²) in [5.41, 5.74) is 4.16. The summed E-state index contributed by atoms with van der Waals surface area (Å²) in [7, 11) is 0. The number of benzene rings is 1. The van der Waals surface area contributed by atoms with E-state index in [1.165, 1.54) is 0 Å². The molecule has 0 amide bonds. The number of nitrogens with zero attached hydrogens (tertiary/aromatic N) is 2. The number of carboxylic acid groups (broad SMARTS) is 1. The number of fused-ring (bicyclic) bond motifs is 1. The van der Waals surface area contributed by atoms with Crippen molar-refractivity contribution in [2.45, 2.75) is 13.5 Å². The third-order valence-corrected chi connectivity index (χ3v) is 3.42. The van der Waals surface area contributed by atoms with Crippen molar-refractivity contribution in [2.75, 3.05) is 5.32 Å². The fraction of sp³-hybridized carbons (Fsp3) is 0.125. The first-order valence-corrected chi connectivity index (χ1v) is 6.65. The second-order valence-corrected chi connectivity index (χ2v) is 4.81. The van der Waals surface area contributed by atoms with Gasteiger partial charge < -0.3 is 14.8 Å². The molecule has 5 nitrogen and oxygen atoms in total. The van der Waals surface area contributed by atoms with Crippen LogP contribution in [-0.2, 0) is 6.54 Å². The summed E-state index contributed by atoms with van der Waals surface area (Å²) in [6, 6.07) is 12.6. The zero-order valence-electron chi connectivity index (χ0n) is 11.6. The Kier molecular flexibility index (Phi) is 3.31. The molecule has 0 spiro atoms. The molecular formula is C16H15N3O2. The van der Waals surface area contributed by atoms with E-state index in [4.69, 9.17) is 5.11 Å². The number of aryl methyl sites for hydroxylation is 1. The first-order valence-electron chi connectivity index (χ1n) is 6.65. The number of carboxylic acids is 1. The third kappa shape index (κ3) is 2.58. The van der Waals surface area contributed by atoms with Gasteiger partial charge in [0.15, 0.2) is 0 Å². The second-order valence-electron chi connectivity index (χ2n) is 4.81. The van der Waals surface area contributed by atoms with E-state index >= 15 is 0 Å². The molecule has 5 heteroatoms. The van der Waals surface area contributed by atoms with E-state index in [1.807, 2.05) is 35.7 Å². The monoisotopic (exact) mass is 281 g/mol. The molecule has 0 saturated heterocycles. The highest BCUT2D eigenvalue weighted by Gasteiger charge is 2.08. The van der Waals surface area contributed by atoms with Crippen LogP contribution in [0, 0.1) is 6.92 Å². The van der Waals surface area contributed by atoms with Crippen LogP contribution in [0.5, 0.6) is 0 Å². The van der Waals surface area contributed by atoms with Gasteiger partial charge in [-0.25, -0.2) is 9.78 Å². The molecule has 3 aromatic rings. The number of nitrogens with one attached hydrogen (secondary N) is 1. The van der Waals surface area contributed by atoms with E-state index < -0.39 is 5.97 Å². The third-order valence-electron chi connectivity index (χ3n) is 3.42. The Bertz CT molecular complexity index is 791. The molecule has 0 fully saturated rings. The van der Waals surface area contributed by atoms with Crippen LogP contribution in [0.15, 0.2) is 48.7 Å². The fourth-order valence-corrected chi connectivity index (χ4v) is 2.29. The summed E-state index contributed by atoms with van der Waals surface area (Å²) in [5, 5.41) is 12.2. The molecule has 0 unspecified atom stereocenters. The minimum absolute atomic E-state index is 0.284. The molecule has 2 aromatic heterocycles. The molecule has 3 rings (SSSR count). The number of pyridine rings is 1. The van der Waals surface area contributed by atoms with Crippen LogP contribution in [0.25, 0.3) is 5.65 Å². The molecular weight excluding hydrogens is 266 g/mol. The highest BCUT2D eigenvalue weighted by molar-refractivity contribution is 5.87. The number of anilines is 1. The smallest absolute Gasteiger partial charge is 0.335 e. The summed E-state index contributed by atoms with van der Waals surface area (Å²) < 4.78 is 2.05. The molecule has 0 saturated carbocycles. The van der Waals surface area contributed by atoms with Gasteiger partial charge in [0.2, 0.25) is 0 Å². The average Bonchev–Trinajstić information content (AvgIpc) is 2.81. The lowest BCUT2D eigenvalue weighted by Gasteiger charge is -2.07. The maximum Gasteiger partial charge on any atom is 0.335 e. The second kappa shape index (κ2) is 5.28. The van der Waals surface area contributed by atoms with Crippen LogP contribution in [0.3, 0.4) is 0 Å². The standard InChI is InChI=1S/C16H15N3O2/c1-11-14(19-9-3-2-4-15(19)18-11)10-17-13-7-5-12(6-8-13)16(20)21/h2-9,17H,10H2,1H3,(H,20,21). The van der Waals surface area contributed by atoms with Crippen LogP contribution >= 0.6 is 0 Å². The van der Waals surface area contributed by atoms with E-state index in [1.54, 1.807) is 24.3 Å². The van der Waals surface area contributed by atoms with Gasteiger partial charge in [-0.3, -0.25) is 0 Å². The molecule has 0 radical (unpaired) electrons.